The number of aliphatic hydroxyl groups excluding tert-OH is 1. The maximum Gasteiger partial charge on any atom is 0.483 e. The molecule has 0 aliphatic rings. The quantitative estimate of drug-likeness (QED) is 0.275. The third kappa shape index (κ3) is 2.83. The van der Waals surface area contributed by atoms with Crippen molar-refractivity contribution < 1.29 is 49.1 Å². The molecule has 1 rings (SSSR count). The fourth-order valence-corrected chi connectivity index (χ4v) is 2.05. The zero-order valence-corrected chi connectivity index (χ0v) is 9.69. The predicted octanol–water partition coefficient (Wildman–Crippen LogP) is -2.21. The highest BCUT2D eigenvalue weighted by molar-refractivity contribution is 7.66. The monoisotopic (exact) mass is 292 g/mol. The summed E-state index contributed by atoms with van der Waals surface area (Å²) < 4.78 is 4.30. The van der Waals surface area contributed by atoms with Crippen molar-refractivity contribution in [3.8, 4) is 11.5 Å². The van der Waals surface area contributed by atoms with E-state index in [4.69, 9.17) is 39.6 Å². The van der Waals surface area contributed by atoms with Crippen molar-refractivity contribution in [2.45, 2.75) is 5.85 Å². The van der Waals surface area contributed by atoms with Crippen LogP contribution < -0.4 is 5.50 Å². The Hall–Kier alpha value is -0.540. The molecule has 0 saturated carbocycles. The molecule has 0 amide bonds. The standard InChI is InChI=1S/C5H8O10P2/c6-1-2(7)5(17(12,13)14)15-3(1)4(8)16(9,10)11/h4,8-14H/p+2. The minimum absolute atomic E-state index is 1.13. The Morgan fingerprint density at radius 3 is 1.65 bits per heavy atom. The van der Waals surface area contributed by atoms with Crippen LogP contribution in [0.1, 0.15) is 11.6 Å². The Bertz CT molecular complexity index is 414. The van der Waals surface area contributed by atoms with Crippen molar-refractivity contribution in [3.63, 3.8) is 0 Å². The van der Waals surface area contributed by atoms with Gasteiger partial charge in [0.05, 0.1) is 0 Å². The third-order valence-electron chi connectivity index (χ3n) is 1.70. The van der Waals surface area contributed by atoms with Gasteiger partial charge in [0, 0.05) is 0 Å². The van der Waals surface area contributed by atoms with Crippen LogP contribution >= 0.6 is 15.9 Å². The Labute approximate surface area is 94.4 Å². The van der Waals surface area contributed by atoms with Crippen molar-refractivity contribution in [1.29, 1.82) is 0 Å². The summed E-state index contributed by atoms with van der Waals surface area (Å²) in [7, 11) is -9.68. The van der Waals surface area contributed by atoms with Gasteiger partial charge in [-0.3, -0.25) is 0 Å². The molecule has 1 aromatic rings. The van der Waals surface area contributed by atoms with E-state index in [1.54, 1.807) is 0 Å². The summed E-state index contributed by atoms with van der Waals surface area (Å²) in [6.07, 6.45) is 0. The van der Waals surface area contributed by atoms with Crippen LogP contribution in [0.5, 0.6) is 11.5 Å². The highest BCUT2D eigenvalue weighted by Gasteiger charge is 2.52. The Kier molecular flexibility index (Phi) is 3.66. The Balaban J connectivity index is 3.30. The van der Waals surface area contributed by atoms with Gasteiger partial charge in [0.2, 0.25) is 11.5 Å². The number of aromatic hydroxyl groups is 2. The largest absolute Gasteiger partial charge is 0.502 e. The van der Waals surface area contributed by atoms with Gasteiger partial charge in [0.15, 0.2) is 0 Å². The van der Waals surface area contributed by atoms with Crippen molar-refractivity contribution in [3.05, 3.63) is 5.76 Å². The summed E-state index contributed by atoms with van der Waals surface area (Å²) in [4.78, 5) is 52.5. The van der Waals surface area contributed by atoms with Gasteiger partial charge in [0.25, 0.3) is 5.75 Å². The summed E-state index contributed by atoms with van der Waals surface area (Å²) in [5.41, 5.74) is -1.25. The second-order valence-electron chi connectivity index (χ2n) is 3.03. The molecule has 17 heavy (non-hydrogen) atoms. The van der Waals surface area contributed by atoms with E-state index in [0.29, 0.717) is 0 Å². The first-order valence-electron chi connectivity index (χ1n) is 3.83. The lowest BCUT2D eigenvalue weighted by atomic mass is 10.4. The van der Waals surface area contributed by atoms with Gasteiger partial charge < -0.3 is 19.7 Å². The van der Waals surface area contributed by atoms with Gasteiger partial charge in [0.1, 0.15) is 0 Å². The van der Waals surface area contributed by atoms with Gasteiger partial charge in [-0.25, -0.2) is 0 Å². The first-order chi connectivity index (χ1) is 7.46. The van der Waals surface area contributed by atoms with Crippen molar-refractivity contribution in [2.24, 2.45) is 0 Å². The van der Waals surface area contributed by atoms with Crippen LogP contribution in [0.3, 0.4) is 0 Å². The summed E-state index contributed by atoms with van der Waals surface area (Å²) in [5, 5.41) is 27.5. The van der Waals surface area contributed by atoms with Gasteiger partial charge in [-0.15, -0.1) is 0 Å². The smallest absolute Gasteiger partial charge is 0.483 e. The molecule has 0 aromatic carbocycles. The molecule has 0 bridgehead atoms. The van der Waals surface area contributed by atoms with E-state index >= 15 is 0 Å². The molecule has 0 aliphatic heterocycles. The SMILES string of the molecule is Oc1c(C(O)[P+](O)(O)O)oc([P+](O)(O)O)c1O. The number of hydrogen-bond acceptors (Lipinski definition) is 10. The number of furan rings is 1. The zero-order chi connectivity index (χ0) is 13.6. The second kappa shape index (κ2) is 4.29. The molecule has 1 atom stereocenters. The molecule has 0 saturated heterocycles. The van der Waals surface area contributed by atoms with Gasteiger partial charge in [-0.1, -0.05) is 0 Å². The highest BCUT2D eigenvalue weighted by Crippen LogP contribution is 2.61. The molecule has 98 valence electrons. The Morgan fingerprint density at radius 1 is 0.882 bits per heavy atom. The summed E-state index contributed by atoms with van der Waals surface area (Å²) >= 11 is 0. The van der Waals surface area contributed by atoms with Crippen LogP contribution in [0.15, 0.2) is 4.42 Å². The highest BCUT2D eigenvalue weighted by atomic mass is 31.2. The molecule has 0 spiro atoms. The molecule has 0 fully saturated rings. The number of aliphatic hydroxyl groups is 1. The maximum atomic E-state index is 9.18. The Morgan fingerprint density at radius 2 is 1.35 bits per heavy atom. The van der Waals surface area contributed by atoms with E-state index in [-0.39, 0.29) is 0 Å². The first kappa shape index (κ1) is 14.5. The van der Waals surface area contributed by atoms with Crippen LogP contribution in [-0.2, 0) is 0 Å². The van der Waals surface area contributed by atoms with Crippen molar-refractivity contribution in [1.82, 2.24) is 0 Å². The minimum atomic E-state index is -4.86. The number of hydrogen-bond donors (Lipinski definition) is 9. The topological polar surface area (TPSA) is 195 Å². The van der Waals surface area contributed by atoms with Crippen molar-refractivity contribution >= 4 is 21.4 Å². The molecule has 1 heterocycles. The van der Waals surface area contributed by atoms with Gasteiger partial charge in [-0.05, 0) is 0 Å². The van der Waals surface area contributed by atoms with Crippen LogP contribution in [0, 0.1) is 0 Å². The van der Waals surface area contributed by atoms with E-state index in [1.807, 2.05) is 0 Å². The zero-order valence-electron chi connectivity index (χ0n) is 7.90. The molecule has 9 N–H and O–H groups in total. The van der Waals surface area contributed by atoms with E-state index in [1.165, 1.54) is 0 Å². The van der Waals surface area contributed by atoms with Crippen LogP contribution in [-0.4, -0.2) is 44.7 Å². The lowest BCUT2D eigenvalue weighted by Crippen LogP contribution is -2.08. The van der Waals surface area contributed by atoms with Crippen LogP contribution in [0.4, 0.5) is 0 Å². The summed E-state index contributed by atoms with van der Waals surface area (Å²) in [6.45, 7) is 0. The molecular weight excluding hydrogens is 282 g/mol. The lowest BCUT2D eigenvalue weighted by molar-refractivity contribution is 0.160. The fraction of sp³-hybridized carbons (Fsp3) is 0.200. The van der Waals surface area contributed by atoms with E-state index in [2.05, 4.69) is 4.42 Å². The first-order valence-corrected chi connectivity index (χ1v) is 7.20. The fourth-order valence-electron chi connectivity index (χ4n) is 0.954. The van der Waals surface area contributed by atoms with E-state index < -0.39 is 44.5 Å². The molecular formula is C5H10O10P2+2. The average Bonchev–Trinajstić information content (AvgIpc) is 2.40. The van der Waals surface area contributed by atoms with Gasteiger partial charge in [-0.2, -0.15) is 29.4 Å². The lowest BCUT2D eigenvalue weighted by Gasteiger charge is -2.08. The molecule has 10 nitrogen and oxygen atoms in total. The van der Waals surface area contributed by atoms with E-state index in [9.17, 15) is 5.11 Å². The van der Waals surface area contributed by atoms with Crippen molar-refractivity contribution in [2.75, 3.05) is 0 Å². The molecule has 1 aromatic heterocycles. The normalized spacial score (nSPS) is 15.0. The minimum Gasteiger partial charge on any atom is -0.502 e. The van der Waals surface area contributed by atoms with E-state index in [0.717, 1.165) is 0 Å². The van der Waals surface area contributed by atoms with Gasteiger partial charge >= 0.3 is 27.2 Å². The maximum absolute atomic E-state index is 9.18. The summed E-state index contributed by atoms with van der Waals surface area (Å²) in [6, 6.07) is 0. The third-order valence-corrected chi connectivity index (χ3v) is 3.44. The predicted molar refractivity (Wildman–Crippen MR) is 53.8 cm³/mol. The molecule has 0 radical (unpaired) electrons. The average molecular weight is 292 g/mol. The second-order valence-corrected chi connectivity index (χ2v) is 6.29. The molecule has 1 unspecified atom stereocenters. The van der Waals surface area contributed by atoms with Crippen LogP contribution in [0.2, 0.25) is 0 Å². The van der Waals surface area contributed by atoms with Crippen LogP contribution in [0.25, 0.3) is 0 Å². The number of rotatable bonds is 3. The molecule has 12 heteroatoms. The summed E-state index contributed by atoms with van der Waals surface area (Å²) in [5.74, 6) is -6.20. The molecule has 0 aliphatic carbocycles.